The van der Waals surface area contributed by atoms with Crippen LogP contribution in [-0.2, 0) is 4.79 Å². The van der Waals surface area contributed by atoms with Gasteiger partial charge in [0.25, 0.3) is 0 Å². The molecule has 0 radical (unpaired) electrons. The number of hydrogen-bond acceptors (Lipinski definition) is 4. The van der Waals surface area contributed by atoms with Crippen molar-refractivity contribution >= 4 is 5.91 Å². The van der Waals surface area contributed by atoms with Crippen LogP contribution in [0.1, 0.15) is 38.5 Å². The molecule has 3 N–H and O–H groups in total. The number of nitrogens with zero attached hydrogens (tertiary/aromatic N) is 2. The minimum atomic E-state index is -0.204. The Labute approximate surface area is 121 Å². The molecule has 5 heteroatoms. The molecule has 0 aromatic heterocycles. The van der Waals surface area contributed by atoms with E-state index in [1.165, 1.54) is 38.8 Å². The van der Waals surface area contributed by atoms with E-state index in [4.69, 9.17) is 5.73 Å². The average Bonchev–Trinajstić information content (AvgIpc) is 2.84. The highest BCUT2D eigenvalue weighted by Crippen LogP contribution is 2.28. The fraction of sp³-hybridized carbons (Fsp3) is 0.933. The van der Waals surface area contributed by atoms with E-state index < -0.39 is 0 Å². The summed E-state index contributed by atoms with van der Waals surface area (Å²) in [7, 11) is 0. The number of hydrogen-bond donors (Lipinski definition) is 2. The molecule has 3 heterocycles. The second-order valence-electron chi connectivity index (χ2n) is 6.68. The maximum atomic E-state index is 10.9. The highest BCUT2D eigenvalue weighted by atomic mass is 16.1. The molecule has 20 heavy (non-hydrogen) atoms. The number of primary amides is 1. The monoisotopic (exact) mass is 280 g/mol. The second kappa shape index (κ2) is 6.41. The zero-order chi connectivity index (χ0) is 13.9. The van der Waals surface area contributed by atoms with Crippen LogP contribution in [0.2, 0.25) is 0 Å². The first-order valence-corrected chi connectivity index (χ1v) is 8.23. The van der Waals surface area contributed by atoms with Crippen LogP contribution >= 0.6 is 0 Å². The van der Waals surface area contributed by atoms with E-state index in [1.807, 2.05) is 0 Å². The van der Waals surface area contributed by atoms with E-state index in [2.05, 4.69) is 15.1 Å². The van der Waals surface area contributed by atoms with Crippen molar-refractivity contribution < 1.29 is 4.79 Å². The van der Waals surface area contributed by atoms with Crippen molar-refractivity contribution in [2.24, 2.45) is 5.73 Å². The Balaban J connectivity index is 1.44. The lowest BCUT2D eigenvalue weighted by Crippen LogP contribution is -2.51. The Bertz CT molecular complexity index is 341. The summed E-state index contributed by atoms with van der Waals surface area (Å²) in [4.78, 5) is 15.8. The van der Waals surface area contributed by atoms with Crippen LogP contribution in [-0.4, -0.2) is 66.6 Å². The molecule has 2 atom stereocenters. The summed E-state index contributed by atoms with van der Waals surface area (Å²) >= 11 is 0. The van der Waals surface area contributed by atoms with Crippen LogP contribution in [0.5, 0.6) is 0 Å². The molecular weight excluding hydrogens is 252 g/mol. The van der Waals surface area contributed by atoms with Gasteiger partial charge in [0, 0.05) is 37.8 Å². The maximum Gasteiger partial charge on any atom is 0.231 e. The van der Waals surface area contributed by atoms with Crippen molar-refractivity contribution in [3.63, 3.8) is 0 Å². The Morgan fingerprint density at radius 3 is 2.60 bits per heavy atom. The predicted octanol–water partition coefficient (Wildman–Crippen LogP) is 0.153. The zero-order valence-electron chi connectivity index (χ0n) is 12.4. The standard InChI is InChI=1S/C15H28N4O/c16-15(20)11-18-8-4-12(5-9-18)17-13-6-10-19-7-2-1-3-14(13)19/h12-14,17H,1-11H2,(H2,16,20). The fourth-order valence-electron chi connectivity index (χ4n) is 4.22. The van der Waals surface area contributed by atoms with Crippen LogP contribution in [0.15, 0.2) is 0 Å². The molecule has 3 aliphatic heterocycles. The van der Waals surface area contributed by atoms with Gasteiger partial charge >= 0.3 is 0 Å². The van der Waals surface area contributed by atoms with E-state index in [1.54, 1.807) is 0 Å². The number of nitrogens with one attached hydrogen (secondary N) is 1. The van der Waals surface area contributed by atoms with Gasteiger partial charge in [0.2, 0.25) is 5.91 Å². The third-order valence-electron chi connectivity index (χ3n) is 5.27. The Kier molecular flexibility index (Phi) is 4.58. The number of likely N-dealkylation sites (tertiary alicyclic amines) is 1. The fourth-order valence-corrected chi connectivity index (χ4v) is 4.22. The van der Waals surface area contributed by atoms with Crippen molar-refractivity contribution in [2.75, 3.05) is 32.7 Å². The molecule has 0 bridgehead atoms. The lowest BCUT2D eigenvalue weighted by Gasteiger charge is -2.37. The summed E-state index contributed by atoms with van der Waals surface area (Å²) in [6, 6.07) is 2.11. The first-order chi connectivity index (χ1) is 9.72. The van der Waals surface area contributed by atoms with Gasteiger partial charge in [-0.15, -0.1) is 0 Å². The van der Waals surface area contributed by atoms with Crippen molar-refractivity contribution in [3.05, 3.63) is 0 Å². The highest BCUT2D eigenvalue weighted by Gasteiger charge is 2.36. The number of fused-ring (bicyclic) bond motifs is 1. The number of piperidine rings is 2. The zero-order valence-corrected chi connectivity index (χ0v) is 12.4. The van der Waals surface area contributed by atoms with Gasteiger partial charge in [-0.2, -0.15) is 0 Å². The summed E-state index contributed by atoms with van der Waals surface area (Å²) in [6.45, 7) is 5.01. The normalized spacial score (nSPS) is 33.2. The Hall–Kier alpha value is -0.650. The predicted molar refractivity (Wildman–Crippen MR) is 79.4 cm³/mol. The lowest BCUT2D eigenvalue weighted by molar-refractivity contribution is -0.119. The summed E-state index contributed by atoms with van der Waals surface area (Å²) < 4.78 is 0. The summed E-state index contributed by atoms with van der Waals surface area (Å²) in [5.41, 5.74) is 5.26. The lowest BCUT2D eigenvalue weighted by atomic mass is 9.96. The first kappa shape index (κ1) is 14.3. The molecule has 0 aromatic carbocycles. The maximum absolute atomic E-state index is 10.9. The van der Waals surface area contributed by atoms with Gasteiger partial charge in [0.05, 0.1) is 6.54 Å². The topological polar surface area (TPSA) is 61.6 Å². The number of amides is 1. The summed E-state index contributed by atoms with van der Waals surface area (Å²) in [6.07, 6.45) is 7.77. The van der Waals surface area contributed by atoms with Crippen LogP contribution in [0.3, 0.4) is 0 Å². The van der Waals surface area contributed by atoms with E-state index in [-0.39, 0.29) is 5.91 Å². The molecule has 0 aliphatic carbocycles. The van der Waals surface area contributed by atoms with Gasteiger partial charge in [-0.25, -0.2) is 0 Å². The average molecular weight is 280 g/mol. The number of carbonyl (C=O) groups is 1. The molecule has 3 fully saturated rings. The molecule has 3 aliphatic rings. The third kappa shape index (κ3) is 3.32. The van der Waals surface area contributed by atoms with Crippen molar-refractivity contribution in [3.8, 4) is 0 Å². The largest absolute Gasteiger partial charge is 0.369 e. The SMILES string of the molecule is NC(=O)CN1CCC(NC2CCN3CCCCC23)CC1. The van der Waals surface area contributed by atoms with E-state index in [0.29, 0.717) is 18.6 Å². The Morgan fingerprint density at radius 1 is 1.05 bits per heavy atom. The van der Waals surface area contributed by atoms with Crippen LogP contribution in [0.25, 0.3) is 0 Å². The minimum absolute atomic E-state index is 0.204. The summed E-state index contributed by atoms with van der Waals surface area (Å²) in [5.74, 6) is -0.204. The number of carbonyl (C=O) groups excluding carboxylic acids is 1. The highest BCUT2D eigenvalue weighted by molar-refractivity contribution is 5.75. The van der Waals surface area contributed by atoms with Gasteiger partial charge in [0.15, 0.2) is 0 Å². The van der Waals surface area contributed by atoms with Crippen molar-refractivity contribution in [1.29, 1.82) is 0 Å². The van der Waals surface area contributed by atoms with Crippen LogP contribution in [0, 0.1) is 0 Å². The van der Waals surface area contributed by atoms with E-state index in [0.717, 1.165) is 32.0 Å². The Morgan fingerprint density at radius 2 is 1.85 bits per heavy atom. The molecule has 5 nitrogen and oxygen atoms in total. The molecule has 2 unspecified atom stereocenters. The molecule has 1 amide bonds. The molecule has 114 valence electrons. The summed E-state index contributed by atoms with van der Waals surface area (Å²) in [5, 5.41) is 3.91. The van der Waals surface area contributed by atoms with Crippen LogP contribution in [0.4, 0.5) is 0 Å². The van der Waals surface area contributed by atoms with Crippen molar-refractivity contribution in [2.45, 2.75) is 56.7 Å². The second-order valence-corrected chi connectivity index (χ2v) is 6.68. The van der Waals surface area contributed by atoms with Crippen molar-refractivity contribution in [1.82, 2.24) is 15.1 Å². The third-order valence-corrected chi connectivity index (χ3v) is 5.27. The van der Waals surface area contributed by atoms with Crippen LogP contribution < -0.4 is 11.1 Å². The first-order valence-electron chi connectivity index (χ1n) is 8.23. The smallest absolute Gasteiger partial charge is 0.231 e. The van der Waals surface area contributed by atoms with E-state index >= 15 is 0 Å². The molecule has 3 rings (SSSR count). The van der Waals surface area contributed by atoms with Gasteiger partial charge in [0.1, 0.15) is 0 Å². The molecule has 0 aromatic rings. The van der Waals surface area contributed by atoms with Gasteiger partial charge < -0.3 is 11.1 Å². The minimum Gasteiger partial charge on any atom is -0.369 e. The van der Waals surface area contributed by atoms with E-state index in [9.17, 15) is 4.79 Å². The molecule has 3 saturated heterocycles. The molecular formula is C15H28N4O. The van der Waals surface area contributed by atoms with Gasteiger partial charge in [-0.1, -0.05) is 6.42 Å². The van der Waals surface area contributed by atoms with Gasteiger partial charge in [-0.05, 0) is 38.6 Å². The van der Waals surface area contributed by atoms with Gasteiger partial charge in [-0.3, -0.25) is 14.6 Å². The molecule has 0 saturated carbocycles. The number of nitrogens with two attached hydrogens (primary N) is 1. The quantitative estimate of drug-likeness (QED) is 0.770. The number of rotatable bonds is 4. The molecule has 0 spiro atoms.